The number of amides is 1. The van der Waals surface area contributed by atoms with E-state index in [0.29, 0.717) is 13.1 Å². The van der Waals surface area contributed by atoms with Crippen molar-refractivity contribution in [3.05, 3.63) is 46.9 Å². The molecule has 1 N–H and O–H groups in total. The van der Waals surface area contributed by atoms with Gasteiger partial charge in [-0.05, 0) is 42.6 Å². The van der Waals surface area contributed by atoms with Crippen molar-refractivity contribution in [2.24, 2.45) is 0 Å². The van der Waals surface area contributed by atoms with Gasteiger partial charge in [0.1, 0.15) is 0 Å². The van der Waals surface area contributed by atoms with Gasteiger partial charge in [0.15, 0.2) is 0 Å². The van der Waals surface area contributed by atoms with E-state index in [9.17, 15) is 4.79 Å². The van der Waals surface area contributed by atoms with E-state index in [1.807, 2.05) is 18.2 Å². The van der Waals surface area contributed by atoms with Gasteiger partial charge < -0.3 is 10.0 Å². The van der Waals surface area contributed by atoms with E-state index >= 15 is 0 Å². The van der Waals surface area contributed by atoms with Crippen LogP contribution >= 0.6 is 11.6 Å². The Bertz CT molecular complexity index is 783. The zero-order chi connectivity index (χ0) is 18.0. The van der Waals surface area contributed by atoms with Crippen LogP contribution in [0.3, 0.4) is 0 Å². The monoisotopic (exact) mass is 360 g/mol. The van der Waals surface area contributed by atoms with Gasteiger partial charge in [-0.25, -0.2) is 14.8 Å². The van der Waals surface area contributed by atoms with Gasteiger partial charge in [-0.3, -0.25) is 4.90 Å². The lowest BCUT2D eigenvalue weighted by atomic mass is 9.99. The molecule has 132 valence electrons. The molecule has 2 heterocycles. The maximum absolute atomic E-state index is 11.1. The molecule has 1 atom stereocenters. The molecule has 0 spiro atoms. The van der Waals surface area contributed by atoms with Crippen molar-refractivity contribution in [1.29, 1.82) is 0 Å². The highest BCUT2D eigenvalue weighted by Gasteiger charge is 2.26. The van der Waals surface area contributed by atoms with Gasteiger partial charge in [-0.1, -0.05) is 18.2 Å². The van der Waals surface area contributed by atoms with Crippen molar-refractivity contribution in [3.63, 3.8) is 0 Å². The van der Waals surface area contributed by atoms with Crippen LogP contribution in [-0.4, -0.2) is 56.6 Å². The molecule has 0 radical (unpaired) electrons. The number of benzene rings is 1. The molecule has 1 aliphatic rings. The normalized spacial score (nSPS) is 18.4. The van der Waals surface area contributed by atoms with E-state index in [4.69, 9.17) is 16.7 Å². The minimum atomic E-state index is -0.842. The molecule has 7 heteroatoms. The minimum Gasteiger partial charge on any atom is -0.465 e. The molecule has 1 aromatic carbocycles. The SMILES string of the molecule is Cc1c(CN2CCN(C(=O)O)CC2C)cccc1-c1ccnc(Cl)n1. The van der Waals surface area contributed by atoms with Crippen molar-refractivity contribution in [1.82, 2.24) is 19.8 Å². The summed E-state index contributed by atoms with van der Waals surface area (Å²) in [7, 11) is 0. The summed E-state index contributed by atoms with van der Waals surface area (Å²) < 4.78 is 0. The van der Waals surface area contributed by atoms with Crippen LogP contribution in [0.15, 0.2) is 30.5 Å². The summed E-state index contributed by atoms with van der Waals surface area (Å²) >= 11 is 5.92. The number of nitrogens with zero attached hydrogens (tertiary/aromatic N) is 4. The van der Waals surface area contributed by atoms with E-state index in [0.717, 1.165) is 29.9 Å². The van der Waals surface area contributed by atoms with Crippen molar-refractivity contribution in [3.8, 4) is 11.3 Å². The number of hydrogen-bond donors (Lipinski definition) is 1. The van der Waals surface area contributed by atoms with Gasteiger partial charge in [-0.15, -0.1) is 0 Å². The lowest BCUT2D eigenvalue weighted by molar-refractivity contribution is 0.0711. The maximum atomic E-state index is 11.1. The number of aromatic nitrogens is 2. The van der Waals surface area contributed by atoms with Gasteiger partial charge >= 0.3 is 6.09 Å². The molecule has 25 heavy (non-hydrogen) atoms. The van der Waals surface area contributed by atoms with Gasteiger partial charge in [0, 0.05) is 44.0 Å². The molecular weight excluding hydrogens is 340 g/mol. The standard InChI is InChI=1S/C18H21ClN4O2/c1-12-10-23(18(24)25)9-8-22(12)11-14-4-3-5-15(13(14)2)16-6-7-20-17(19)21-16/h3-7,12H,8-11H2,1-2H3,(H,24,25). The van der Waals surface area contributed by atoms with E-state index in [2.05, 4.69) is 34.8 Å². The summed E-state index contributed by atoms with van der Waals surface area (Å²) in [6.07, 6.45) is 0.814. The van der Waals surface area contributed by atoms with E-state index in [1.54, 1.807) is 6.20 Å². The van der Waals surface area contributed by atoms with E-state index in [-0.39, 0.29) is 11.3 Å². The Labute approximate surface area is 152 Å². The van der Waals surface area contributed by atoms with Crippen LogP contribution in [0.25, 0.3) is 11.3 Å². The first-order chi connectivity index (χ1) is 12.0. The topological polar surface area (TPSA) is 69.6 Å². The lowest BCUT2D eigenvalue weighted by Gasteiger charge is -2.38. The molecule has 1 amide bonds. The highest BCUT2D eigenvalue weighted by atomic mass is 35.5. The number of piperazine rings is 1. The summed E-state index contributed by atoms with van der Waals surface area (Å²) in [5.41, 5.74) is 4.22. The van der Waals surface area contributed by atoms with Crippen LogP contribution < -0.4 is 0 Å². The van der Waals surface area contributed by atoms with Crippen molar-refractivity contribution in [2.45, 2.75) is 26.4 Å². The molecule has 6 nitrogen and oxygen atoms in total. The summed E-state index contributed by atoms with van der Waals surface area (Å²) in [6, 6.07) is 8.20. The molecule has 1 aromatic heterocycles. The fourth-order valence-corrected chi connectivity index (χ4v) is 3.39. The van der Waals surface area contributed by atoms with Crippen molar-refractivity contribution >= 4 is 17.7 Å². The average Bonchev–Trinajstić information content (AvgIpc) is 2.58. The first-order valence-corrected chi connectivity index (χ1v) is 8.63. The average molecular weight is 361 g/mol. The van der Waals surface area contributed by atoms with Crippen LogP contribution in [0.4, 0.5) is 4.79 Å². The molecule has 1 unspecified atom stereocenters. The van der Waals surface area contributed by atoms with Crippen LogP contribution in [0.2, 0.25) is 5.28 Å². The highest BCUT2D eigenvalue weighted by Crippen LogP contribution is 2.26. The van der Waals surface area contributed by atoms with Crippen LogP contribution in [0.5, 0.6) is 0 Å². The van der Waals surface area contributed by atoms with Crippen molar-refractivity contribution < 1.29 is 9.90 Å². The predicted molar refractivity (Wildman–Crippen MR) is 96.7 cm³/mol. The number of rotatable bonds is 3. The largest absolute Gasteiger partial charge is 0.465 e. The maximum Gasteiger partial charge on any atom is 0.407 e. The number of carboxylic acid groups (broad SMARTS) is 1. The molecule has 0 saturated carbocycles. The second kappa shape index (κ2) is 7.37. The van der Waals surface area contributed by atoms with Crippen molar-refractivity contribution in [2.75, 3.05) is 19.6 Å². The summed E-state index contributed by atoms with van der Waals surface area (Å²) in [5, 5.41) is 9.38. The minimum absolute atomic E-state index is 0.182. The Balaban J connectivity index is 1.80. The molecule has 0 bridgehead atoms. The second-order valence-electron chi connectivity index (χ2n) is 6.35. The van der Waals surface area contributed by atoms with Gasteiger partial charge in [-0.2, -0.15) is 0 Å². The summed E-state index contributed by atoms with van der Waals surface area (Å²) in [6.45, 7) is 6.75. The third kappa shape index (κ3) is 3.91. The smallest absolute Gasteiger partial charge is 0.407 e. The number of halogens is 1. The third-order valence-electron chi connectivity index (χ3n) is 4.76. The second-order valence-corrected chi connectivity index (χ2v) is 6.69. The Morgan fingerprint density at radius 2 is 2.16 bits per heavy atom. The molecule has 1 fully saturated rings. The summed E-state index contributed by atoms with van der Waals surface area (Å²) in [5.74, 6) is 0. The molecule has 1 aliphatic heterocycles. The molecule has 2 aromatic rings. The fourth-order valence-electron chi connectivity index (χ4n) is 3.24. The number of hydrogen-bond acceptors (Lipinski definition) is 4. The van der Waals surface area contributed by atoms with Crippen LogP contribution in [0, 0.1) is 6.92 Å². The quantitative estimate of drug-likeness (QED) is 0.850. The Kier molecular flexibility index (Phi) is 5.20. The molecular formula is C18H21ClN4O2. The third-order valence-corrected chi connectivity index (χ3v) is 4.94. The van der Waals surface area contributed by atoms with Gasteiger partial charge in [0.05, 0.1) is 5.69 Å². The lowest BCUT2D eigenvalue weighted by Crippen LogP contribution is -2.52. The zero-order valence-electron chi connectivity index (χ0n) is 14.3. The Morgan fingerprint density at radius 1 is 1.36 bits per heavy atom. The molecule has 1 saturated heterocycles. The molecule has 0 aliphatic carbocycles. The fraction of sp³-hybridized carbons (Fsp3) is 0.389. The zero-order valence-corrected chi connectivity index (χ0v) is 15.1. The first-order valence-electron chi connectivity index (χ1n) is 8.25. The highest BCUT2D eigenvalue weighted by molar-refractivity contribution is 6.28. The molecule has 3 rings (SSSR count). The van der Waals surface area contributed by atoms with Gasteiger partial charge in [0.25, 0.3) is 0 Å². The summed E-state index contributed by atoms with van der Waals surface area (Å²) in [4.78, 5) is 23.2. The van der Waals surface area contributed by atoms with Crippen LogP contribution in [0.1, 0.15) is 18.1 Å². The van der Waals surface area contributed by atoms with E-state index in [1.165, 1.54) is 10.5 Å². The van der Waals surface area contributed by atoms with E-state index < -0.39 is 6.09 Å². The Morgan fingerprint density at radius 3 is 2.84 bits per heavy atom. The predicted octanol–water partition coefficient (Wildman–Crippen LogP) is 3.29. The van der Waals surface area contributed by atoms with Gasteiger partial charge in [0.2, 0.25) is 5.28 Å². The van der Waals surface area contributed by atoms with Crippen LogP contribution in [-0.2, 0) is 6.54 Å². The Hall–Kier alpha value is -2.18. The number of carbonyl (C=O) groups is 1. The first kappa shape index (κ1) is 17.6.